The van der Waals surface area contributed by atoms with E-state index < -0.39 is 0 Å². The summed E-state index contributed by atoms with van der Waals surface area (Å²) in [4.78, 5) is 12.4. The van der Waals surface area contributed by atoms with E-state index in [-0.39, 0.29) is 5.91 Å². The lowest BCUT2D eigenvalue weighted by Gasteiger charge is -2.08. The Morgan fingerprint density at radius 1 is 1.14 bits per heavy atom. The Bertz CT molecular complexity index is 864. The molecule has 1 aliphatic rings. The quantitative estimate of drug-likeness (QED) is 0.742. The molecule has 0 bridgehead atoms. The Morgan fingerprint density at radius 3 is 2.86 bits per heavy atom. The van der Waals surface area contributed by atoms with Crippen molar-refractivity contribution in [2.24, 2.45) is 0 Å². The standard InChI is InChI=1S/C17H14N2O2/c1-21-13-7-6-11-8-16-17(20)18-14-5-3-2-4-12(14)10-19(16)15(11)9-13/h2-9H,10H2,1H3,(H,18,20). The van der Waals surface area contributed by atoms with Gasteiger partial charge in [-0.05, 0) is 29.8 Å². The van der Waals surface area contributed by atoms with Gasteiger partial charge in [-0.2, -0.15) is 0 Å². The molecule has 0 saturated carbocycles. The van der Waals surface area contributed by atoms with Gasteiger partial charge in [-0.1, -0.05) is 18.2 Å². The Labute approximate surface area is 122 Å². The Hall–Kier alpha value is -2.75. The lowest BCUT2D eigenvalue weighted by atomic mass is 10.1. The van der Waals surface area contributed by atoms with Gasteiger partial charge < -0.3 is 14.6 Å². The van der Waals surface area contributed by atoms with Crippen LogP contribution < -0.4 is 10.1 Å². The fourth-order valence-electron chi connectivity index (χ4n) is 2.86. The van der Waals surface area contributed by atoms with Gasteiger partial charge in [-0.25, -0.2) is 0 Å². The minimum atomic E-state index is -0.0740. The second-order valence-electron chi connectivity index (χ2n) is 5.15. The Kier molecular flexibility index (Phi) is 2.51. The van der Waals surface area contributed by atoms with Crippen LogP contribution in [0.2, 0.25) is 0 Å². The van der Waals surface area contributed by atoms with Crippen molar-refractivity contribution in [1.29, 1.82) is 0 Å². The number of anilines is 1. The summed E-state index contributed by atoms with van der Waals surface area (Å²) in [5.74, 6) is 0.719. The first-order valence-electron chi connectivity index (χ1n) is 6.83. The number of carbonyl (C=O) groups excluding carboxylic acids is 1. The number of para-hydroxylation sites is 1. The zero-order chi connectivity index (χ0) is 14.4. The second-order valence-corrected chi connectivity index (χ2v) is 5.15. The smallest absolute Gasteiger partial charge is 0.272 e. The summed E-state index contributed by atoms with van der Waals surface area (Å²) in [7, 11) is 1.65. The van der Waals surface area contributed by atoms with Crippen LogP contribution in [0.15, 0.2) is 48.5 Å². The zero-order valence-corrected chi connectivity index (χ0v) is 11.6. The summed E-state index contributed by atoms with van der Waals surface area (Å²) in [5.41, 5.74) is 3.66. The van der Waals surface area contributed by atoms with Gasteiger partial charge in [-0.3, -0.25) is 4.79 Å². The molecular weight excluding hydrogens is 264 g/mol. The molecule has 0 spiro atoms. The maximum atomic E-state index is 12.4. The molecule has 1 aromatic heterocycles. The van der Waals surface area contributed by atoms with Crippen LogP contribution >= 0.6 is 0 Å². The van der Waals surface area contributed by atoms with Crippen LogP contribution in [0, 0.1) is 0 Å². The van der Waals surface area contributed by atoms with Crippen LogP contribution in [-0.2, 0) is 6.54 Å². The number of hydrogen-bond acceptors (Lipinski definition) is 2. The number of fused-ring (bicyclic) bond motifs is 4. The summed E-state index contributed by atoms with van der Waals surface area (Å²) in [5, 5.41) is 4.02. The number of rotatable bonds is 1. The number of benzene rings is 2. The molecule has 0 fully saturated rings. The van der Waals surface area contributed by atoms with Gasteiger partial charge in [0, 0.05) is 17.1 Å². The van der Waals surface area contributed by atoms with E-state index >= 15 is 0 Å². The molecule has 104 valence electrons. The third kappa shape index (κ3) is 1.80. The second kappa shape index (κ2) is 4.38. The Balaban J connectivity index is 1.98. The molecule has 4 rings (SSSR count). The molecule has 1 N–H and O–H groups in total. The molecule has 0 radical (unpaired) electrons. The van der Waals surface area contributed by atoms with Gasteiger partial charge in [0.05, 0.1) is 19.2 Å². The normalized spacial score (nSPS) is 13.3. The lowest BCUT2D eigenvalue weighted by Crippen LogP contribution is -2.13. The van der Waals surface area contributed by atoms with Gasteiger partial charge in [0.2, 0.25) is 0 Å². The number of nitrogens with one attached hydrogen (secondary N) is 1. The maximum Gasteiger partial charge on any atom is 0.272 e. The first kappa shape index (κ1) is 12.0. The van der Waals surface area contributed by atoms with E-state index in [9.17, 15) is 4.79 Å². The minimum absolute atomic E-state index is 0.0740. The predicted octanol–water partition coefficient (Wildman–Crippen LogP) is 3.26. The number of nitrogens with zero attached hydrogens (tertiary/aromatic N) is 1. The maximum absolute atomic E-state index is 12.4. The van der Waals surface area contributed by atoms with E-state index in [2.05, 4.69) is 5.32 Å². The highest BCUT2D eigenvalue weighted by molar-refractivity contribution is 6.07. The van der Waals surface area contributed by atoms with Gasteiger partial charge in [-0.15, -0.1) is 0 Å². The number of hydrogen-bond donors (Lipinski definition) is 1. The number of carbonyl (C=O) groups is 1. The molecule has 4 heteroatoms. The van der Waals surface area contributed by atoms with Crippen LogP contribution in [0.3, 0.4) is 0 Å². The van der Waals surface area contributed by atoms with Gasteiger partial charge >= 0.3 is 0 Å². The number of ether oxygens (including phenoxy) is 1. The molecule has 3 aromatic rings. The summed E-state index contributed by atoms with van der Waals surface area (Å²) < 4.78 is 7.34. The molecule has 4 nitrogen and oxygen atoms in total. The number of aromatic nitrogens is 1. The van der Waals surface area contributed by atoms with Gasteiger partial charge in [0.25, 0.3) is 5.91 Å². The van der Waals surface area contributed by atoms with E-state index in [4.69, 9.17) is 4.74 Å². The van der Waals surface area contributed by atoms with Crippen molar-refractivity contribution in [3.63, 3.8) is 0 Å². The molecule has 0 atom stereocenters. The van der Waals surface area contributed by atoms with E-state index in [1.807, 2.05) is 53.1 Å². The molecule has 2 aromatic carbocycles. The third-order valence-electron chi connectivity index (χ3n) is 3.94. The van der Waals surface area contributed by atoms with E-state index in [0.29, 0.717) is 12.2 Å². The van der Waals surface area contributed by atoms with Crippen LogP contribution in [-0.4, -0.2) is 17.6 Å². The third-order valence-corrected chi connectivity index (χ3v) is 3.94. The summed E-state index contributed by atoms with van der Waals surface area (Å²) in [6, 6.07) is 15.7. The van der Waals surface area contributed by atoms with Crippen LogP contribution in [0.4, 0.5) is 5.69 Å². The van der Waals surface area contributed by atoms with Crippen molar-refractivity contribution in [2.75, 3.05) is 12.4 Å². The number of amides is 1. The summed E-state index contributed by atoms with van der Waals surface area (Å²) in [6.07, 6.45) is 0. The minimum Gasteiger partial charge on any atom is -0.497 e. The molecule has 0 aliphatic carbocycles. The van der Waals surface area contributed by atoms with Crippen LogP contribution in [0.25, 0.3) is 10.9 Å². The molecule has 2 heterocycles. The average molecular weight is 278 g/mol. The van der Waals surface area contributed by atoms with Crippen molar-refractivity contribution in [2.45, 2.75) is 6.54 Å². The average Bonchev–Trinajstić information content (AvgIpc) is 2.80. The highest BCUT2D eigenvalue weighted by Crippen LogP contribution is 2.29. The van der Waals surface area contributed by atoms with E-state index in [1.54, 1.807) is 7.11 Å². The Morgan fingerprint density at radius 2 is 2.00 bits per heavy atom. The summed E-state index contributed by atoms with van der Waals surface area (Å²) >= 11 is 0. The van der Waals surface area contributed by atoms with Crippen LogP contribution in [0.5, 0.6) is 5.75 Å². The fraction of sp³-hybridized carbons (Fsp3) is 0.118. The molecule has 0 unspecified atom stereocenters. The molecule has 0 saturated heterocycles. The largest absolute Gasteiger partial charge is 0.497 e. The van der Waals surface area contributed by atoms with Crippen molar-refractivity contribution in [3.8, 4) is 5.75 Å². The van der Waals surface area contributed by atoms with Crippen LogP contribution in [0.1, 0.15) is 16.1 Å². The molecule has 21 heavy (non-hydrogen) atoms. The zero-order valence-electron chi connectivity index (χ0n) is 11.6. The highest BCUT2D eigenvalue weighted by atomic mass is 16.5. The van der Waals surface area contributed by atoms with E-state index in [1.165, 1.54) is 0 Å². The predicted molar refractivity (Wildman–Crippen MR) is 82.0 cm³/mol. The fourth-order valence-corrected chi connectivity index (χ4v) is 2.86. The van der Waals surface area contributed by atoms with E-state index in [0.717, 1.165) is 27.9 Å². The molecular formula is C17H14N2O2. The molecule has 1 amide bonds. The van der Waals surface area contributed by atoms with Crippen molar-refractivity contribution in [3.05, 3.63) is 59.8 Å². The first-order valence-corrected chi connectivity index (χ1v) is 6.83. The summed E-state index contributed by atoms with van der Waals surface area (Å²) in [6.45, 7) is 0.668. The van der Waals surface area contributed by atoms with Crippen molar-refractivity contribution < 1.29 is 9.53 Å². The topological polar surface area (TPSA) is 43.3 Å². The highest BCUT2D eigenvalue weighted by Gasteiger charge is 2.21. The lowest BCUT2D eigenvalue weighted by molar-refractivity contribution is 0.102. The SMILES string of the molecule is COc1ccc2cc3n(c2c1)Cc1ccccc1NC3=O. The van der Waals surface area contributed by atoms with Gasteiger partial charge in [0.1, 0.15) is 11.4 Å². The molecule has 1 aliphatic heterocycles. The number of methoxy groups -OCH3 is 1. The monoisotopic (exact) mass is 278 g/mol. The van der Waals surface area contributed by atoms with Crippen molar-refractivity contribution >= 4 is 22.5 Å². The van der Waals surface area contributed by atoms with Crippen molar-refractivity contribution in [1.82, 2.24) is 4.57 Å². The first-order chi connectivity index (χ1) is 10.3. The van der Waals surface area contributed by atoms with Gasteiger partial charge in [0.15, 0.2) is 0 Å².